The maximum atomic E-state index is 11.1. The molecule has 6 heteroatoms. The molecule has 0 aromatic heterocycles. The molecular weight excluding hydrogens is 190 g/mol. The fourth-order valence-electron chi connectivity index (χ4n) is 0.644. The van der Waals surface area contributed by atoms with E-state index in [-0.39, 0.29) is 0 Å². The lowest BCUT2D eigenvalue weighted by molar-refractivity contribution is -0.169. The number of rotatable bonds is 3. The lowest BCUT2D eigenvalue weighted by Gasteiger charge is -2.22. The Morgan fingerprint density at radius 1 is 1.36 bits per heavy atom. The quantitative estimate of drug-likeness (QED) is 0.515. The van der Waals surface area contributed by atoms with Gasteiger partial charge in [0.25, 0.3) is 0 Å². The summed E-state index contributed by atoms with van der Waals surface area (Å²) in [6, 6.07) is -1.66. The van der Waals surface area contributed by atoms with E-state index >= 15 is 0 Å². The van der Waals surface area contributed by atoms with E-state index in [2.05, 4.69) is 0 Å². The first-order chi connectivity index (χ1) is 6.15. The van der Waals surface area contributed by atoms with Crippen molar-refractivity contribution in [3.05, 3.63) is 0 Å². The van der Waals surface area contributed by atoms with Gasteiger partial charge in [-0.25, -0.2) is 4.79 Å². The van der Waals surface area contributed by atoms with Crippen molar-refractivity contribution in [3.8, 4) is 0 Å². The van der Waals surface area contributed by atoms with Gasteiger partial charge < -0.3 is 20.7 Å². The molecule has 0 aliphatic heterocycles. The van der Waals surface area contributed by atoms with Crippen LogP contribution in [0.5, 0.6) is 0 Å². The summed E-state index contributed by atoms with van der Waals surface area (Å²) in [6.07, 6.45) is -1.84. The summed E-state index contributed by atoms with van der Waals surface area (Å²) in [4.78, 5) is 21.4. The maximum Gasteiger partial charge on any atom is 0.337 e. The molecule has 6 nitrogen and oxygen atoms in total. The third-order valence-electron chi connectivity index (χ3n) is 1.27. The van der Waals surface area contributed by atoms with E-state index in [0.29, 0.717) is 0 Å². The minimum absolute atomic E-state index is 0.781. The fraction of sp³-hybridized carbons (Fsp3) is 0.750. The van der Waals surface area contributed by atoms with Crippen LogP contribution in [0, 0.1) is 0 Å². The number of carbonyl (C=O) groups excluding carboxylic acids is 1. The molecule has 0 fully saturated rings. The highest BCUT2D eigenvalue weighted by atomic mass is 16.6. The standard InChI is InChI=1S/C8H15NO5/c1-8(2,3)14-7(13)5(10)4(9)6(11)12/h4-5,10H,9H2,1-3H3,(H,11,12)/t4-,5+/m0/s1. The molecule has 0 rings (SSSR count). The van der Waals surface area contributed by atoms with Crippen LogP contribution in [0.25, 0.3) is 0 Å². The average Bonchev–Trinajstić information content (AvgIpc) is 1.98. The van der Waals surface area contributed by atoms with Crippen LogP contribution in [0.3, 0.4) is 0 Å². The van der Waals surface area contributed by atoms with E-state index < -0.39 is 29.7 Å². The number of esters is 1. The summed E-state index contributed by atoms with van der Waals surface area (Å²) in [7, 11) is 0. The zero-order chi connectivity index (χ0) is 11.5. The SMILES string of the molecule is CC(C)(C)OC(=O)[C@H](O)[C@H](N)C(=O)O. The highest BCUT2D eigenvalue weighted by Gasteiger charge is 2.32. The molecule has 0 amide bonds. The van der Waals surface area contributed by atoms with Gasteiger partial charge >= 0.3 is 11.9 Å². The molecule has 0 aliphatic rings. The van der Waals surface area contributed by atoms with E-state index in [1.807, 2.05) is 0 Å². The van der Waals surface area contributed by atoms with Gasteiger partial charge in [0.05, 0.1) is 0 Å². The summed E-state index contributed by atoms with van der Waals surface area (Å²) in [5, 5.41) is 17.5. The lowest BCUT2D eigenvalue weighted by Crippen LogP contribution is -2.48. The van der Waals surface area contributed by atoms with Crippen molar-refractivity contribution in [1.29, 1.82) is 0 Å². The molecule has 4 N–H and O–H groups in total. The molecule has 0 aliphatic carbocycles. The second kappa shape index (κ2) is 4.39. The molecule has 0 heterocycles. The van der Waals surface area contributed by atoms with Crippen LogP contribution in [0.15, 0.2) is 0 Å². The number of carbonyl (C=O) groups is 2. The Morgan fingerprint density at radius 3 is 2.07 bits per heavy atom. The van der Waals surface area contributed by atoms with Gasteiger partial charge in [0.1, 0.15) is 11.6 Å². The van der Waals surface area contributed by atoms with Crippen molar-refractivity contribution in [2.75, 3.05) is 0 Å². The molecule has 0 spiro atoms. The highest BCUT2D eigenvalue weighted by Crippen LogP contribution is 2.09. The van der Waals surface area contributed by atoms with Gasteiger partial charge in [0.15, 0.2) is 6.10 Å². The van der Waals surface area contributed by atoms with Crippen molar-refractivity contribution in [2.24, 2.45) is 5.73 Å². The molecule has 0 aromatic rings. The van der Waals surface area contributed by atoms with Crippen LogP contribution in [0.4, 0.5) is 0 Å². The Labute approximate surface area is 81.7 Å². The van der Waals surface area contributed by atoms with Crippen LogP contribution in [0.2, 0.25) is 0 Å². The fourth-order valence-corrected chi connectivity index (χ4v) is 0.644. The Kier molecular flexibility index (Phi) is 4.03. The van der Waals surface area contributed by atoms with Gasteiger partial charge in [-0.15, -0.1) is 0 Å². The van der Waals surface area contributed by atoms with Crippen molar-refractivity contribution in [1.82, 2.24) is 0 Å². The lowest BCUT2D eigenvalue weighted by atomic mass is 10.1. The molecule has 2 atom stereocenters. The monoisotopic (exact) mass is 205 g/mol. The van der Waals surface area contributed by atoms with Crippen molar-refractivity contribution < 1.29 is 24.5 Å². The topological polar surface area (TPSA) is 110 Å². The number of nitrogens with two attached hydrogens (primary N) is 1. The Balaban J connectivity index is 4.33. The molecule has 14 heavy (non-hydrogen) atoms. The van der Waals surface area contributed by atoms with Gasteiger partial charge in [-0.1, -0.05) is 0 Å². The predicted octanol–water partition coefficient (Wildman–Crippen LogP) is -0.899. The summed E-state index contributed by atoms with van der Waals surface area (Å²) in [5.74, 6) is -2.49. The Hall–Kier alpha value is -1.14. The predicted molar refractivity (Wildman–Crippen MR) is 47.5 cm³/mol. The van der Waals surface area contributed by atoms with Gasteiger partial charge in [0.2, 0.25) is 0 Å². The van der Waals surface area contributed by atoms with Crippen LogP contribution >= 0.6 is 0 Å². The molecule has 0 saturated heterocycles. The van der Waals surface area contributed by atoms with Gasteiger partial charge in [-0.05, 0) is 20.8 Å². The molecule has 0 saturated carbocycles. The van der Waals surface area contributed by atoms with E-state index in [9.17, 15) is 9.59 Å². The first-order valence-corrected chi connectivity index (χ1v) is 4.04. The first kappa shape index (κ1) is 12.9. The van der Waals surface area contributed by atoms with Gasteiger partial charge in [-0.2, -0.15) is 0 Å². The van der Waals surface area contributed by atoms with Gasteiger partial charge in [0, 0.05) is 0 Å². The summed E-state index contributed by atoms with van der Waals surface area (Å²) in [6.45, 7) is 4.80. The van der Waals surface area contributed by atoms with Crippen molar-refractivity contribution in [3.63, 3.8) is 0 Å². The van der Waals surface area contributed by atoms with Crippen molar-refractivity contribution >= 4 is 11.9 Å². The highest BCUT2D eigenvalue weighted by molar-refractivity contribution is 5.85. The summed E-state index contributed by atoms with van der Waals surface area (Å²) < 4.78 is 4.74. The number of carboxylic acid groups (broad SMARTS) is 1. The third kappa shape index (κ3) is 4.20. The molecular formula is C8H15NO5. The summed E-state index contributed by atoms with van der Waals surface area (Å²) in [5.41, 5.74) is 4.25. The first-order valence-electron chi connectivity index (χ1n) is 4.04. The maximum absolute atomic E-state index is 11.1. The molecule has 0 bridgehead atoms. The number of ether oxygens (including phenoxy) is 1. The Morgan fingerprint density at radius 2 is 1.79 bits per heavy atom. The number of aliphatic hydroxyl groups excluding tert-OH is 1. The number of carboxylic acids is 1. The normalized spacial score (nSPS) is 15.8. The summed E-state index contributed by atoms with van der Waals surface area (Å²) >= 11 is 0. The smallest absolute Gasteiger partial charge is 0.337 e. The number of aliphatic carboxylic acids is 1. The molecule has 0 radical (unpaired) electrons. The van der Waals surface area contributed by atoms with E-state index in [0.717, 1.165) is 0 Å². The zero-order valence-electron chi connectivity index (χ0n) is 8.35. The number of hydrogen-bond donors (Lipinski definition) is 3. The van der Waals surface area contributed by atoms with E-state index in [4.69, 9.17) is 20.7 Å². The third-order valence-corrected chi connectivity index (χ3v) is 1.27. The van der Waals surface area contributed by atoms with Crippen molar-refractivity contribution in [2.45, 2.75) is 38.5 Å². The number of aliphatic hydroxyl groups is 1. The van der Waals surface area contributed by atoms with E-state index in [1.54, 1.807) is 20.8 Å². The van der Waals surface area contributed by atoms with Crippen LogP contribution in [-0.2, 0) is 14.3 Å². The minimum Gasteiger partial charge on any atom is -0.480 e. The molecule has 82 valence electrons. The average molecular weight is 205 g/mol. The Bertz CT molecular complexity index is 232. The van der Waals surface area contributed by atoms with Gasteiger partial charge in [-0.3, -0.25) is 4.79 Å². The zero-order valence-corrected chi connectivity index (χ0v) is 8.35. The van der Waals surface area contributed by atoms with Crippen LogP contribution in [-0.4, -0.2) is 39.9 Å². The second-order valence-corrected chi connectivity index (χ2v) is 3.84. The van der Waals surface area contributed by atoms with Crippen LogP contribution < -0.4 is 5.73 Å². The number of hydrogen-bond acceptors (Lipinski definition) is 5. The second-order valence-electron chi connectivity index (χ2n) is 3.84. The van der Waals surface area contributed by atoms with Crippen LogP contribution in [0.1, 0.15) is 20.8 Å². The van der Waals surface area contributed by atoms with E-state index in [1.165, 1.54) is 0 Å². The minimum atomic E-state index is -1.84. The molecule has 0 unspecified atom stereocenters. The molecule has 0 aromatic carbocycles. The largest absolute Gasteiger partial charge is 0.480 e.